The van der Waals surface area contributed by atoms with Crippen LogP contribution in [0.4, 0.5) is 0 Å². The fourth-order valence-corrected chi connectivity index (χ4v) is 7.23. The Labute approximate surface area is 260 Å². The lowest BCUT2D eigenvalue weighted by Crippen LogP contribution is -2.37. The van der Waals surface area contributed by atoms with Gasteiger partial charge in [0.1, 0.15) is 5.52 Å². The van der Waals surface area contributed by atoms with E-state index >= 15 is 0 Å². The fraction of sp³-hybridized carbons (Fsp3) is 0.394. The van der Waals surface area contributed by atoms with Crippen LogP contribution in [0.15, 0.2) is 42.5 Å². The number of aromatic nitrogens is 3. The zero-order chi connectivity index (χ0) is 30.5. The number of nitrogens with zero attached hydrogens (tertiary/aromatic N) is 4. The van der Waals surface area contributed by atoms with Crippen LogP contribution in [0.2, 0.25) is 10.0 Å². The molecular weight excluding hydrogens is 587 g/mol. The number of ether oxygens (including phenoxy) is 2. The number of aryl methyl sites for hydroxylation is 2. The third-order valence-corrected chi connectivity index (χ3v) is 9.43. The lowest BCUT2D eigenvalue weighted by Gasteiger charge is -2.35. The molecule has 6 heterocycles. The van der Waals surface area contributed by atoms with Gasteiger partial charge in [-0.15, -0.1) is 5.10 Å². The van der Waals surface area contributed by atoms with Gasteiger partial charge in [-0.2, -0.15) is 0 Å². The number of amides is 1. The molecule has 43 heavy (non-hydrogen) atoms. The van der Waals surface area contributed by atoms with Gasteiger partial charge in [-0.25, -0.2) is 4.68 Å². The first kappa shape index (κ1) is 29.6. The smallest absolute Gasteiger partial charge is 0.312 e. The Morgan fingerprint density at radius 3 is 2.58 bits per heavy atom. The maximum absolute atomic E-state index is 13.8. The molecular formula is C33H34Cl2N4O4. The van der Waals surface area contributed by atoms with Crippen molar-refractivity contribution in [3.63, 3.8) is 0 Å². The van der Waals surface area contributed by atoms with E-state index in [0.717, 1.165) is 45.3 Å². The second-order valence-corrected chi connectivity index (χ2v) is 12.8. The summed E-state index contributed by atoms with van der Waals surface area (Å²) in [5, 5.41) is 9.61. The first-order valence-corrected chi connectivity index (χ1v) is 15.2. The van der Waals surface area contributed by atoms with Crippen LogP contribution in [0.3, 0.4) is 0 Å². The number of carbonyl (C=O) groups excluding carboxylic acids is 2. The zero-order valence-corrected chi connectivity index (χ0v) is 26.3. The lowest BCUT2D eigenvalue weighted by molar-refractivity contribution is -0.151. The number of hydrogen-bond acceptors (Lipinski definition) is 6. The molecule has 1 atom stereocenters. The summed E-state index contributed by atoms with van der Waals surface area (Å²) in [5.41, 5.74) is 7.02. The lowest BCUT2D eigenvalue weighted by atomic mass is 9.69. The molecule has 5 aliphatic rings. The van der Waals surface area contributed by atoms with Crippen LogP contribution in [-0.4, -0.2) is 52.0 Å². The van der Waals surface area contributed by atoms with Gasteiger partial charge in [0.05, 0.1) is 40.3 Å². The molecule has 0 N–H and O–H groups in total. The first-order valence-electron chi connectivity index (χ1n) is 14.5. The molecule has 0 aliphatic carbocycles. The second-order valence-electron chi connectivity index (χ2n) is 12.0. The van der Waals surface area contributed by atoms with E-state index in [1.807, 2.05) is 31.5 Å². The minimum absolute atomic E-state index is 0.209. The van der Waals surface area contributed by atoms with Crippen molar-refractivity contribution in [2.75, 3.05) is 20.3 Å². The molecule has 10 heteroatoms. The van der Waals surface area contributed by atoms with Crippen LogP contribution < -0.4 is 0 Å². The van der Waals surface area contributed by atoms with Crippen molar-refractivity contribution in [2.45, 2.75) is 59.2 Å². The molecule has 0 saturated heterocycles. The minimum atomic E-state index is -0.906. The Morgan fingerprint density at radius 2 is 1.84 bits per heavy atom. The molecule has 9 bridgehead atoms. The van der Waals surface area contributed by atoms with Crippen molar-refractivity contribution in [3.8, 4) is 0 Å². The van der Waals surface area contributed by atoms with E-state index < -0.39 is 5.41 Å². The highest BCUT2D eigenvalue weighted by molar-refractivity contribution is 6.39. The summed E-state index contributed by atoms with van der Waals surface area (Å²) in [5.74, 6) is -0.863. The predicted molar refractivity (Wildman–Crippen MR) is 166 cm³/mol. The number of rotatable bonds is 2. The molecule has 224 valence electrons. The average molecular weight is 622 g/mol. The largest absolute Gasteiger partial charge is 0.469 e. The van der Waals surface area contributed by atoms with Crippen LogP contribution in [0, 0.1) is 12.3 Å². The molecule has 3 aromatic carbocycles. The standard InChI is InChI=1S/C33H34Cl2N4O4/c1-19-24-8-9-27-30(19)36-37-39(27)11-5-13-43-18-20-14-25(34)28(26(35)15-20)31(40)38-12-10-21-6-7-22(16-23(21)17-38)29(24)33(2,3)32(41)42-4/h6-9,14-16,29H,5,10-13,17-18H2,1-4H3. The Bertz CT molecular complexity index is 1730. The molecule has 0 radical (unpaired) electrons. The van der Waals surface area contributed by atoms with Gasteiger partial charge in [0, 0.05) is 32.2 Å². The Kier molecular flexibility index (Phi) is 7.96. The molecule has 8 nitrogen and oxygen atoms in total. The highest BCUT2D eigenvalue weighted by atomic mass is 35.5. The predicted octanol–water partition coefficient (Wildman–Crippen LogP) is 6.50. The van der Waals surface area contributed by atoms with Crippen LogP contribution >= 0.6 is 23.2 Å². The fourth-order valence-electron chi connectivity index (χ4n) is 6.53. The molecule has 9 rings (SSSR count). The van der Waals surface area contributed by atoms with Crippen LogP contribution in [0.5, 0.6) is 0 Å². The van der Waals surface area contributed by atoms with E-state index in [1.54, 1.807) is 17.0 Å². The van der Waals surface area contributed by atoms with Gasteiger partial charge in [0.2, 0.25) is 0 Å². The second kappa shape index (κ2) is 11.6. The normalized spacial score (nSPS) is 17.6. The Hall–Kier alpha value is -3.46. The quantitative estimate of drug-likeness (QED) is 0.238. The van der Waals surface area contributed by atoms with Crippen LogP contribution in [0.1, 0.15) is 69.9 Å². The topological polar surface area (TPSA) is 86.5 Å². The zero-order valence-electron chi connectivity index (χ0n) is 24.7. The summed E-state index contributed by atoms with van der Waals surface area (Å²) in [6.07, 6.45) is 1.42. The van der Waals surface area contributed by atoms with E-state index in [-0.39, 0.29) is 17.8 Å². The SMILES string of the molecule is COC(=O)C(C)(C)C1c2ccc3c(c2)CN(CC3)C(=O)c2c(Cl)cc(cc2Cl)COCCCn2nnc3c(C)c1ccc32. The molecule has 0 spiro atoms. The summed E-state index contributed by atoms with van der Waals surface area (Å²) >= 11 is 13.3. The number of benzene rings is 3. The van der Waals surface area contributed by atoms with Gasteiger partial charge in [0.25, 0.3) is 5.91 Å². The van der Waals surface area contributed by atoms with Gasteiger partial charge in [-0.1, -0.05) is 52.7 Å². The van der Waals surface area contributed by atoms with Crippen LogP contribution in [0.25, 0.3) is 11.0 Å². The average Bonchev–Trinajstić information content (AvgIpc) is 3.40. The molecule has 5 aliphatic heterocycles. The van der Waals surface area contributed by atoms with Gasteiger partial charge in [-0.3, -0.25) is 9.59 Å². The number of hydrogen-bond donors (Lipinski definition) is 0. The number of esters is 1. The van der Waals surface area contributed by atoms with Crippen LogP contribution in [-0.2, 0) is 40.4 Å². The molecule has 0 fully saturated rings. The van der Waals surface area contributed by atoms with E-state index in [2.05, 4.69) is 34.6 Å². The summed E-state index contributed by atoms with van der Waals surface area (Å²) in [6, 6.07) is 13.9. The highest BCUT2D eigenvalue weighted by Crippen LogP contribution is 2.45. The summed E-state index contributed by atoms with van der Waals surface area (Å²) in [4.78, 5) is 28.8. The van der Waals surface area contributed by atoms with Crippen molar-refractivity contribution in [3.05, 3.63) is 91.5 Å². The van der Waals surface area contributed by atoms with Gasteiger partial charge in [0.15, 0.2) is 0 Å². The Morgan fingerprint density at radius 1 is 1.07 bits per heavy atom. The maximum Gasteiger partial charge on any atom is 0.312 e. The number of carbonyl (C=O) groups is 2. The van der Waals surface area contributed by atoms with Crippen molar-refractivity contribution in [1.82, 2.24) is 19.9 Å². The maximum atomic E-state index is 13.8. The molecule has 4 aromatic rings. The Balaban J connectivity index is 1.51. The third kappa shape index (κ3) is 5.30. The van der Waals surface area contributed by atoms with Gasteiger partial charge in [-0.05, 0) is 85.2 Å². The van der Waals surface area contributed by atoms with Crippen molar-refractivity contribution in [1.29, 1.82) is 0 Å². The van der Waals surface area contributed by atoms with Crippen molar-refractivity contribution < 1.29 is 19.1 Å². The summed E-state index contributed by atoms with van der Waals surface area (Å²) < 4.78 is 13.1. The number of methoxy groups -OCH3 is 1. The molecule has 1 amide bonds. The summed E-state index contributed by atoms with van der Waals surface area (Å²) in [6.45, 7) is 8.25. The minimum Gasteiger partial charge on any atom is -0.469 e. The van der Waals surface area contributed by atoms with Gasteiger partial charge < -0.3 is 14.4 Å². The molecule has 1 aromatic heterocycles. The summed E-state index contributed by atoms with van der Waals surface area (Å²) in [7, 11) is 1.42. The highest BCUT2D eigenvalue weighted by Gasteiger charge is 2.41. The van der Waals surface area contributed by atoms with Crippen molar-refractivity contribution >= 4 is 46.1 Å². The third-order valence-electron chi connectivity index (χ3n) is 8.83. The van der Waals surface area contributed by atoms with E-state index in [9.17, 15) is 9.59 Å². The molecule has 1 unspecified atom stereocenters. The first-order chi connectivity index (χ1) is 20.6. The number of halogens is 2. The van der Waals surface area contributed by atoms with E-state index in [1.165, 1.54) is 12.7 Å². The van der Waals surface area contributed by atoms with E-state index in [4.69, 9.17) is 32.7 Å². The molecule has 0 saturated carbocycles. The van der Waals surface area contributed by atoms with Crippen molar-refractivity contribution in [2.24, 2.45) is 5.41 Å². The van der Waals surface area contributed by atoms with E-state index in [0.29, 0.717) is 54.9 Å². The van der Waals surface area contributed by atoms with Gasteiger partial charge >= 0.3 is 5.97 Å². The monoisotopic (exact) mass is 620 g/mol.